The quantitative estimate of drug-likeness (QED) is 0.792. The fraction of sp³-hybridized carbons (Fsp3) is 0.500. The Bertz CT molecular complexity index is 941. The van der Waals surface area contributed by atoms with E-state index >= 15 is 0 Å². The van der Waals surface area contributed by atoms with Crippen molar-refractivity contribution in [1.29, 1.82) is 0 Å². The van der Waals surface area contributed by atoms with Crippen molar-refractivity contribution in [3.63, 3.8) is 0 Å². The number of ether oxygens (including phenoxy) is 1. The first-order valence-electron chi connectivity index (χ1n) is 8.81. The second kappa shape index (κ2) is 6.56. The minimum Gasteiger partial charge on any atom is -0.469 e. The third kappa shape index (κ3) is 2.86. The average Bonchev–Trinajstić information content (AvgIpc) is 3.35. The highest BCUT2D eigenvalue weighted by Crippen LogP contribution is 2.52. The van der Waals surface area contributed by atoms with Gasteiger partial charge < -0.3 is 14.6 Å². The average molecular weight is 388 g/mol. The van der Waals surface area contributed by atoms with E-state index in [2.05, 4.69) is 15.0 Å². The number of aromatic nitrogens is 3. The highest BCUT2D eigenvalue weighted by Gasteiger charge is 2.62. The number of aromatic amines is 1. The number of hydrogen-bond donors (Lipinski definition) is 1. The maximum atomic E-state index is 13.2. The van der Waals surface area contributed by atoms with Crippen LogP contribution in [0.15, 0.2) is 21.8 Å². The van der Waals surface area contributed by atoms with Gasteiger partial charge in [0, 0.05) is 29.6 Å². The van der Waals surface area contributed by atoms with Gasteiger partial charge in [-0.2, -0.15) is 4.98 Å². The van der Waals surface area contributed by atoms with Crippen molar-refractivity contribution in [3.05, 3.63) is 44.5 Å². The molecular formula is C18H20N4O4S. The molecule has 0 aliphatic carbocycles. The van der Waals surface area contributed by atoms with Gasteiger partial charge >= 0.3 is 11.7 Å². The smallest absolute Gasteiger partial charge is 0.345 e. The molecule has 0 saturated carbocycles. The molecule has 2 aliphatic heterocycles. The number of rotatable bonds is 4. The Morgan fingerprint density at radius 2 is 2.26 bits per heavy atom. The van der Waals surface area contributed by atoms with Crippen molar-refractivity contribution in [1.82, 2.24) is 19.9 Å². The molecule has 142 valence electrons. The molecule has 8 nitrogen and oxygen atoms in total. The molecule has 4 heterocycles. The summed E-state index contributed by atoms with van der Waals surface area (Å²) in [4.78, 5) is 50.1. The number of carbonyl (C=O) groups is 2. The number of fused-ring (bicyclic) bond motifs is 2. The van der Waals surface area contributed by atoms with E-state index in [1.54, 1.807) is 23.4 Å². The summed E-state index contributed by atoms with van der Waals surface area (Å²) in [6, 6.07) is 1.22. The fourth-order valence-electron chi connectivity index (χ4n) is 4.64. The summed E-state index contributed by atoms with van der Waals surface area (Å²) in [7, 11) is 1.38. The molecule has 1 amide bonds. The van der Waals surface area contributed by atoms with E-state index in [-0.39, 0.29) is 29.7 Å². The molecule has 1 N–H and O–H groups in total. The lowest BCUT2D eigenvalue weighted by Crippen LogP contribution is -2.47. The first kappa shape index (κ1) is 17.8. The van der Waals surface area contributed by atoms with E-state index in [1.165, 1.54) is 18.4 Å². The van der Waals surface area contributed by atoms with Crippen molar-refractivity contribution < 1.29 is 14.3 Å². The molecule has 2 aromatic heterocycles. The van der Waals surface area contributed by atoms with Crippen LogP contribution in [0.4, 0.5) is 0 Å². The highest BCUT2D eigenvalue weighted by atomic mass is 32.1. The van der Waals surface area contributed by atoms with E-state index < -0.39 is 11.1 Å². The van der Waals surface area contributed by atoms with Gasteiger partial charge in [0.05, 0.1) is 23.7 Å². The molecule has 2 fully saturated rings. The maximum absolute atomic E-state index is 13.2. The van der Waals surface area contributed by atoms with Gasteiger partial charge in [-0.25, -0.2) is 9.78 Å². The topological polar surface area (TPSA) is 105 Å². The maximum Gasteiger partial charge on any atom is 0.345 e. The van der Waals surface area contributed by atoms with Gasteiger partial charge in [-0.05, 0) is 32.3 Å². The lowest BCUT2D eigenvalue weighted by Gasteiger charge is -2.34. The third-order valence-electron chi connectivity index (χ3n) is 5.65. The highest BCUT2D eigenvalue weighted by molar-refractivity contribution is 7.07. The molecule has 9 heteroatoms. The molecule has 2 aromatic rings. The second-order valence-electron chi connectivity index (χ2n) is 7.22. The molecular weight excluding hydrogens is 368 g/mol. The molecule has 4 rings (SSSR count). The molecule has 0 unspecified atom stereocenters. The van der Waals surface area contributed by atoms with Crippen LogP contribution in [0.2, 0.25) is 0 Å². The summed E-state index contributed by atoms with van der Waals surface area (Å²) in [6.45, 7) is 1.71. The number of H-pyrrole nitrogens is 1. The fourth-order valence-corrected chi connectivity index (χ4v) is 5.20. The van der Waals surface area contributed by atoms with Gasteiger partial charge in [-0.3, -0.25) is 9.59 Å². The van der Waals surface area contributed by atoms with Crippen LogP contribution >= 0.6 is 11.3 Å². The summed E-state index contributed by atoms with van der Waals surface area (Å²) in [5, 5.41) is 1.92. The summed E-state index contributed by atoms with van der Waals surface area (Å²) >= 11 is 1.48. The molecule has 27 heavy (non-hydrogen) atoms. The van der Waals surface area contributed by atoms with Crippen molar-refractivity contribution in [2.24, 2.45) is 5.41 Å². The number of nitrogens with one attached hydrogen (secondary N) is 1. The van der Waals surface area contributed by atoms with Crippen LogP contribution in [0.5, 0.6) is 0 Å². The Labute approximate surface area is 159 Å². The van der Waals surface area contributed by atoms with E-state index in [9.17, 15) is 14.4 Å². The number of esters is 1. The zero-order valence-electron chi connectivity index (χ0n) is 15.1. The zero-order valence-corrected chi connectivity index (χ0v) is 15.9. The predicted molar refractivity (Wildman–Crippen MR) is 97.5 cm³/mol. The molecule has 0 aromatic carbocycles. The summed E-state index contributed by atoms with van der Waals surface area (Å²) in [5.41, 5.74) is 1.90. The van der Waals surface area contributed by atoms with E-state index in [0.29, 0.717) is 18.5 Å². The lowest BCUT2D eigenvalue weighted by molar-refractivity contribution is -0.154. The minimum absolute atomic E-state index is 0.0679. The monoisotopic (exact) mass is 388 g/mol. The third-order valence-corrected chi connectivity index (χ3v) is 6.28. The minimum atomic E-state index is -0.808. The summed E-state index contributed by atoms with van der Waals surface area (Å²) < 4.78 is 5.14. The van der Waals surface area contributed by atoms with Gasteiger partial charge in [-0.1, -0.05) is 0 Å². The summed E-state index contributed by atoms with van der Waals surface area (Å²) in [6.07, 6.45) is 2.53. The van der Waals surface area contributed by atoms with Crippen molar-refractivity contribution >= 4 is 23.2 Å². The van der Waals surface area contributed by atoms with Gasteiger partial charge in [0.15, 0.2) is 0 Å². The Morgan fingerprint density at radius 3 is 2.93 bits per heavy atom. The molecule has 2 aliphatic rings. The van der Waals surface area contributed by atoms with Crippen molar-refractivity contribution in [3.8, 4) is 0 Å². The first-order valence-corrected chi connectivity index (χ1v) is 9.75. The largest absolute Gasteiger partial charge is 0.469 e. The normalized spacial score (nSPS) is 26.4. The van der Waals surface area contributed by atoms with Crippen LogP contribution in [0.1, 0.15) is 41.1 Å². The second-order valence-corrected chi connectivity index (χ2v) is 7.94. The number of thiazole rings is 1. The van der Waals surface area contributed by atoms with Gasteiger partial charge in [0.2, 0.25) is 0 Å². The number of nitrogens with zero attached hydrogens (tertiary/aromatic N) is 3. The van der Waals surface area contributed by atoms with Gasteiger partial charge in [-0.15, -0.1) is 11.3 Å². The lowest BCUT2D eigenvalue weighted by atomic mass is 9.71. The Kier molecular flexibility index (Phi) is 4.33. The predicted octanol–water partition coefficient (Wildman–Crippen LogP) is 1.31. The first-order chi connectivity index (χ1) is 12.9. The van der Waals surface area contributed by atoms with Crippen LogP contribution in [-0.4, -0.2) is 50.9 Å². The standard InChI is InChI=1S/C18H20N4O4S/c1-10-5-13(21-17(25)20-10)15(23)22-12-3-4-14(22)18(7-12,16(24)26-2)6-11-8-27-9-19-11/h5,8-9,12,14H,3-4,6-7H2,1-2H3,(H,20,21,25)/t12-,14+,18+/m1/s1. The Balaban J connectivity index is 1.71. The van der Waals surface area contributed by atoms with Crippen LogP contribution in [0.3, 0.4) is 0 Å². The van der Waals surface area contributed by atoms with Crippen LogP contribution in [0, 0.1) is 12.3 Å². The molecule has 3 atom stereocenters. The molecule has 0 radical (unpaired) electrons. The Hall–Kier alpha value is -2.55. The summed E-state index contributed by atoms with van der Waals surface area (Å²) in [5.74, 6) is -0.615. The van der Waals surface area contributed by atoms with Crippen LogP contribution in [0.25, 0.3) is 0 Å². The van der Waals surface area contributed by atoms with E-state index in [1.807, 2.05) is 5.38 Å². The van der Waals surface area contributed by atoms with Crippen molar-refractivity contribution in [2.75, 3.05) is 7.11 Å². The van der Waals surface area contributed by atoms with E-state index in [4.69, 9.17) is 4.74 Å². The van der Waals surface area contributed by atoms with E-state index in [0.717, 1.165) is 18.5 Å². The number of hydrogen-bond acceptors (Lipinski definition) is 7. The molecule has 0 spiro atoms. The SMILES string of the molecule is COC(=O)[C@@]1(Cc2cscn2)C[C@H]2CC[C@@H]1N2C(=O)c1cc(C)[nH]c(=O)n1. The Morgan fingerprint density at radius 1 is 1.44 bits per heavy atom. The van der Waals surface area contributed by atoms with Crippen LogP contribution in [-0.2, 0) is 16.0 Å². The number of aryl methyl sites for hydroxylation is 1. The van der Waals surface area contributed by atoms with Gasteiger partial charge in [0.1, 0.15) is 5.69 Å². The van der Waals surface area contributed by atoms with Crippen molar-refractivity contribution in [2.45, 2.75) is 44.7 Å². The number of methoxy groups -OCH3 is 1. The molecule has 2 bridgehead atoms. The van der Waals surface area contributed by atoms with Gasteiger partial charge in [0.25, 0.3) is 5.91 Å². The number of carbonyl (C=O) groups excluding carboxylic acids is 2. The van der Waals surface area contributed by atoms with Crippen LogP contribution < -0.4 is 5.69 Å². The molecule has 2 saturated heterocycles. The zero-order chi connectivity index (χ0) is 19.2. The number of amides is 1.